The largest absolute Gasteiger partial charge is 0.355 e. The number of nitrogens with zero attached hydrogens (tertiary/aromatic N) is 4. The summed E-state index contributed by atoms with van der Waals surface area (Å²) in [6.07, 6.45) is 0. The molecule has 1 aromatic heterocycles. The zero-order valence-electron chi connectivity index (χ0n) is 19.3. The van der Waals surface area contributed by atoms with Crippen LogP contribution in [0, 0.1) is 5.82 Å². The van der Waals surface area contributed by atoms with Crippen molar-refractivity contribution in [3.8, 4) is 17.1 Å². The molecule has 0 saturated carbocycles. The van der Waals surface area contributed by atoms with E-state index < -0.39 is 0 Å². The summed E-state index contributed by atoms with van der Waals surface area (Å²) in [5.74, 6) is 0.180. The molecule has 4 aromatic rings. The minimum Gasteiger partial charge on any atom is -0.355 e. The Labute approximate surface area is 207 Å². The average Bonchev–Trinajstić information content (AvgIpc) is 3.32. The number of nitrogens with one attached hydrogen (secondary N) is 1. The molecule has 0 bridgehead atoms. The van der Waals surface area contributed by atoms with Gasteiger partial charge in [0.1, 0.15) is 5.82 Å². The minimum absolute atomic E-state index is 0.0729. The van der Waals surface area contributed by atoms with E-state index in [0.717, 1.165) is 16.8 Å². The third-order valence-electron chi connectivity index (χ3n) is 5.36. The number of rotatable bonds is 8. The van der Waals surface area contributed by atoms with Gasteiger partial charge < -0.3 is 10.2 Å². The van der Waals surface area contributed by atoms with Crippen LogP contribution in [-0.4, -0.2) is 51.3 Å². The maximum Gasteiger partial charge on any atom is 0.251 e. The van der Waals surface area contributed by atoms with Crippen molar-refractivity contribution in [2.24, 2.45) is 0 Å². The fourth-order valence-corrected chi connectivity index (χ4v) is 4.36. The predicted octanol–water partition coefficient (Wildman–Crippen LogP) is 4.18. The summed E-state index contributed by atoms with van der Waals surface area (Å²) in [5, 5.41) is 11.8. The van der Waals surface area contributed by atoms with Crippen molar-refractivity contribution >= 4 is 23.6 Å². The molecule has 0 spiro atoms. The Morgan fingerprint density at radius 1 is 0.971 bits per heavy atom. The average molecular weight is 490 g/mol. The van der Waals surface area contributed by atoms with Crippen LogP contribution >= 0.6 is 11.8 Å². The van der Waals surface area contributed by atoms with Crippen LogP contribution < -0.4 is 5.32 Å². The molecule has 3 aromatic carbocycles. The quantitative estimate of drug-likeness (QED) is 0.376. The highest BCUT2D eigenvalue weighted by molar-refractivity contribution is 7.99. The van der Waals surface area contributed by atoms with E-state index in [0.29, 0.717) is 23.1 Å². The first kappa shape index (κ1) is 24.2. The summed E-state index contributed by atoms with van der Waals surface area (Å²) in [6.45, 7) is 0.416. The van der Waals surface area contributed by atoms with Gasteiger partial charge in [0.15, 0.2) is 11.0 Å². The molecule has 0 aliphatic carbocycles. The van der Waals surface area contributed by atoms with Crippen LogP contribution in [-0.2, 0) is 11.3 Å². The lowest BCUT2D eigenvalue weighted by Crippen LogP contribution is -2.28. The van der Waals surface area contributed by atoms with Gasteiger partial charge in [0, 0.05) is 37.5 Å². The van der Waals surface area contributed by atoms with Crippen LogP contribution in [0.15, 0.2) is 84.0 Å². The van der Waals surface area contributed by atoms with Crippen molar-refractivity contribution in [1.29, 1.82) is 0 Å². The lowest BCUT2D eigenvalue weighted by molar-refractivity contribution is -0.127. The van der Waals surface area contributed by atoms with Gasteiger partial charge in [-0.15, -0.1) is 10.2 Å². The van der Waals surface area contributed by atoms with E-state index in [9.17, 15) is 14.0 Å². The van der Waals surface area contributed by atoms with Crippen LogP contribution in [0.2, 0.25) is 0 Å². The van der Waals surface area contributed by atoms with Crippen molar-refractivity contribution in [3.05, 3.63) is 95.8 Å². The van der Waals surface area contributed by atoms with Gasteiger partial charge in [-0.3, -0.25) is 14.2 Å². The molecule has 0 radical (unpaired) electrons. The minimum atomic E-state index is -0.328. The van der Waals surface area contributed by atoms with E-state index in [1.54, 1.807) is 43.3 Å². The molecule has 0 fully saturated rings. The number of hydrogen-bond donors (Lipinski definition) is 1. The van der Waals surface area contributed by atoms with Crippen LogP contribution in [0.1, 0.15) is 15.9 Å². The number of benzene rings is 3. The Balaban J connectivity index is 1.48. The lowest BCUT2D eigenvalue weighted by atomic mass is 10.1. The molecule has 4 rings (SSSR count). The number of halogens is 1. The topological polar surface area (TPSA) is 80.1 Å². The van der Waals surface area contributed by atoms with Gasteiger partial charge in [0.25, 0.3) is 5.91 Å². The van der Waals surface area contributed by atoms with E-state index in [1.807, 2.05) is 47.0 Å². The van der Waals surface area contributed by atoms with Crippen LogP contribution in [0.25, 0.3) is 17.1 Å². The summed E-state index contributed by atoms with van der Waals surface area (Å²) < 4.78 is 15.3. The van der Waals surface area contributed by atoms with E-state index in [-0.39, 0.29) is 23.4 Å². The molecule has 0 atom stereocenters. The number of aromatic nitrogens is 3. The normalized spacial score (nSPS) is 10.7. The van der Waals surface area contributed by atoms with Gasteiger partial charge in [-0.05, 0) is 54.1 Å². The molecule has 1 heterocycles. The molecule has 0 unspecified atom stereocenters. The summed E-state index contributed by atoms with van der Waals surface area (Å²) in [7, 11) is 3.32. The summed E-state index contributed by atoms with van der Waals surface area (Å²) in [6, 6.07) is 22.8. The van der Waals surface area contributed by atoms with E-state index in [1.165, 1.54) is 23.9 Å². The smallest absolute Gasteiger partial charge is 0.251 e. The maximum absolute atomic E-state index is 13.4. The highest BCUT2D eigenvalue weighted by atomic mass is 32.2. The number of amides is 2. The van der Waals surface area contributed by atoms with Crippen LogP contribution in [0.4, 0.5) is 4.39 Å². The van der Waals surface area contributed by atoms with Gasteiger partial charge in [0.05, 0.1) is 5.75 Å². The van der Waals surface area contributed by atoms with E-state index >= 15 is 0 Å². The third kappa shape index (κ3) is 5.75. The molecule has 35 heavy (non-hydrogen) atoms. The molecule has 178 valence electrons. The van der Waals surface area contributed by atoms with Crippen LogP contribution in [0.5, 0.6) is 0 Å². The van der Waals surface area contributed by atoms with Gasteiger partial charge in [0.2, 0.25) is 5.91 Å². The first-order chi connectivity index (χ1) is 17.0. The first-order valence-corrected chi connectivity index (χ1v) is 11.9. The molecular formula is C26H24FN5O2S. The highest BCUT2D eigenvalue weighted by Crippen LogP contribution is 2.28. The fourth-order valence-electron chi connectivity index (χ4n) is 3.46. The van der Waals surface area contributed by atoms with Crippen molar-refractivity contribution < 1.29 is 14.0 Å². The number of para-hydroxylation sites is 1. The van der Waals surface area contributed by atoms with E-state index in [4.69, 9.17) is 0 Å². The summed E-state index contributed by atoms with van der Waals surface area (Å²) in [4.78, 5) is 26.2. The lowest BCUT2D eigenvalue weighted by Gasteiger charge is -2.17. The van der Waals surface area contributed by atoms with Crippen molar-refractivity contribution in [1.82, 2.24) is 25.0 Å². The Kier molecular flexibility index (Phi) is 7.57. The first-order valence-electron chi connectivity index (χ1n) is 10.9. The van der Waals surface area contributed by atoms with Gasteiger partial charge in [-0.2, -0.15) is 0 Å². The second-order valence-corrected chi connectivity index (χ2v) is 8.74. The number of carbonyl (C=O) groups excluding carboxylic acids is 2. The standard InChI is InChI=1S/C26H24FN5O2S/c1-28-25(34)20-10-8-18(9-11-20)16-31(2)23(33)17-35-26-30-29-24(19-12-14-21(27)15-13-19)32(26)22-6-4-3-5-7-22/h3-15H,16-17H2,1-2H3,(H,28,34). The second-order valence-electron chi connectivity index (χ2n) is 7.80. The molecule has 2 amide bonds. The van der Waals surface area contributed by atoms with Crippen molar-refractivity contribution in [3.63, 3.8) is 0 Å². The predicted molar refractivity (Wildman–Crippen MR) is 134 cm³/mol. The van der Waals surface area contributed by atoms with Crippen LogP contribution in [0.3, 0.4) is 0 Å². The van der Waals surface area contributed by atoms with Gasteiger partial charge >= 0.3 is 0 Å². The molecule has 7 nitrogen and oxygen atoms in total. The highest BCUT2D eigenvalue weighted by Gasteiger charge is 2.18. The zero-order valence-corrected chi connectivity index (χ0v) is 20.1. The molecule has 0 saturated heterocycles. The Morgan fingerprint density at radius 2 is 1.66 bits per heavy atom. The molecule has 1 N–H and O–H groups in total. The molecule has 0 aliphatic heterocycles. The monoisotopic (exact) mass is 489 g/mol. The van der Waals surface area contributed by atoms with E-state index in [2.05, 4.69) is 15.5 Å². The summed E-state index contributed by atoms with van der Waals surface area (Å²) >= 11 is 1.29. The van der Waals surface area contributed by atoms with Crippen molar-refractivity contribution in [2.45, 2.75) is 11.7 Å². The SMILES string of the molecule is CNC(=O)c1ccc(CN(C)C(=O)CSc2nnc(-c3ccc(F)cc3)n2-c2ccccc2)cc1. The number of thioether (sulfide) groups is 1. The Bertz CT molecular complexity index is 1310. The zero-order chi connectivity index (χ0) is 24.8. The molecular weight excluding hydrogens is 465 g/mol. The molecule has 0 aliphatic rings. The number of carbonyl (C=O) groups is 2. The maximum atomic E-state index is 13.4. The summed E-state index contributed by atoms with van der Waals surface area (Å²) in [5.41, 5.74) is 3.05. The molecule has 9 heteroatoms. The second kappa shape index (κ2) is 11.0. The Morgan fingerprint density at radius 3 is 2.31 bits per heavy atom. The fraction of sp³-hybridized carbons (Fsp3) is 0.154. The number of hydrogen-bond acceptors (Lipinski definition) is 5. The van der Waals surface area contributed by atoms with Gasteiger partial charge in [-0.1, -0.05) is 42.1 Å². The Hall–Kier alpha value is -3.98. The van der Waals surface area contributed by atoms with Gasteiger partial charge in [-0.25, -0.2) is 4.39 Å². The van der Waals surface area contributed by atoms with Crippen molar-refractivity contribution in [2.75, 3.05) is 19.8 Å². The third-order valence-corrected chi connectivity index (χ3v) is 6.28.